The molecule has 4 rings (SSSR count). The highest BCUT2D eigenvalue weighted by atomic mass is 79.9. The molecule has 2 aromatic carbocycles. The Morgan fingerprint density at radius 1 is 1.17 bits per heavy atom. The largest absolute Gasteiger partial charge is 0.494 e. The van der Waals surface area contributed by atoms with Crippen LogP contribution in [0.15, 0.2) is 44.7 Å². The van der Waals surface area contributed by atoms with Gasteiger partial charge in [0.2, 0.25) is 5.88 Å². The molecule has 9 heteroatoms. The van der Waals surface area contributed by atoms with Crippen molar-refractivity contribution in [2.45, 2.75) is 6.92 Å². The molecule has 0 atom stereocenters. The van der Waals surface area contributed by atoms with E-state index in [1.165, 1.54) is 6.92 Å². The number of rotatable bonds is 2. The fraction of sp³-hybridized carbons (Fsp3) is 0.0500. The highest BCUT2D eigenvalue weighted by Gasteiger charge is 2.33. The molecular formula is C20H11BrN4O4. The van der Waals surface area contributed by atoms with E-state index in [9.17, 15) is 19.5 Å². The van der Waals surface area contributed by atoms with Gasteiger partial charge in [-0.3, -0.25) is 19.4 Å². The van der Waals surface area contributed by atoms with E-state index in [-0.39, 0.29) is 16.7 Å². The van der Waals surface area contributed by atoms with E-state index < -0.39 is 23.3 Å². The summed E-state index contributed by atoms with van der Waals surface area (Å²) in [6.07, 6.45) is 1.07. The fourth-order valence-electron chi connectivity index (χ4n) is 3.28. The van der Waals surface area contributed by atoms with Gasteiger partial charge in [0.1, 0.15) is 11.6 Å². The molecule has 2 heterocycles. The lowest BCUT2D eigenvalue weighted by Gasteiger charge is -2.23. The van der Waals surface area contributed by atoms with Crippen LogP contribution in [-0.2, 0) is 0 Å². The molecule has 0 saturated heterocycles. The van der Waals surface area contributed by atoms with Gasteiger partial charge in [-0.05, 0) is 36.1 Å². The minimum atomic E-state index is -0.740. The van der Waals surface area contributed by atoms with Crippen molar-refractivity contribution in [3.8, 4) is 11.9 Å². The van der Waals surface area contributed by atoms with Crippen molar-refractivity contribution in [1.29, 1.82) is 5.26 Å². The van der Waals surface area contributed by atoms with Crippen LogP contribution >= 0.6 is 15.9 Å². The number of hydrogen-bond acceptors (Lipinski definition) is 6. The first-order valence-electron chi connectivity index (χ1n) is 8.35. The van der Waals surface area contributed by atoms with Gasteiger partial charge in [0.25, 0.3) is 17.4 Å². The smallest absolute Gasteiger partial charge is 0.282 e. The zero-order valence-corrected chi connectivity index (χ0v) is 16.4. The van der Waals surface area contributed by atoms with Gasteiger partial charge < -0.3 is 5.11 Å². The van der Waals surface area contributed by atoms with Crippen LogP contribution in [0.4, 0.5) is 0 Å². The Balaban J connectivity index is 1.84. The van der Waals surface area contributed by atoms with Gasteiger partial charge in [0.05, 0.1) is 22.9 Å². The molecule has 1 aliphatic heterocycles. The molecule has 2 N–H and O–H groups in total. The molecule has 2 amide bonds. The molecule has 0 fully saturated rings. The van der Waals surface area contributed by atoms with Gasteiger partial charge >= 0.3 is 0 Å². The number of aromatic nitrogens is 1. The highest BCUT2D eigenvalue weighted by molar-refractivity contribution is 9.10. The summed E-state index contributed by atoms with van der Waals surface area (Å²) in [7, 11) is 0. The summed E-state index contributed by atoms with van der Waals surface area (Å²) in [6.45, 7) is 1.46. The number of nitrogens with one attached hydrogen (secondary N) is 1. The number of aromatic amines is 1. The van der Waals surface area contributed by atoms with Crippen LogP contribution in [-0.4, -0.2) is 33.1 Å². The lowest BCUT2D eigenvalue weighted by atomic mass is 9.95. The van der Waals surface area contributed by atoms with Gasteiger partial charge in [0, 0.05) is 9.86 Å². The summed E-state index contributed by atoms with van der Waals surface area (Å²) >= 11 is 3.42. The van der Waals surface area contributed by atoms with Gasteiger partial charge in [-0.1, -0.05) is 28.1 Å². The quantitative estimate of drug-likeness (QED) is 0.458. The fourth-order valence-corrected chi connectivity index (χ4v) is 3.74. The molecule has 0 aliphatic carbocycles. The summed E-state index contributed by atoms with van der Waals surface area (Å²) in [6, 6.07) is 10.2. The lowest BCUT2D eigenvalue weighted by molar-refractivity contribution is 0.0616. The van der Waals surface area contributed by atoms with Crippen LogP contribution in [0.3, 0.4) is 0 Å². The van der Waals surface area contributed by atoms with E-state index in [4.69, 9.17) is 5.26 Å². The Morgan fingerprint density at radius 2 is 1.86 bits per heavy atom. The highest BCUT2D eigenvalue weighted by Crippen LogP contribution is 2.34. The predicted octanol–water partition coefficient (Wildman–Crippen LogP) is 2.81. The Morgan fingerprint density at radius 3 is 2.55 bits per heavy atom. The average molecular weight is 451 g/mol. The maximum Gasteiger partial charge on any atom is 0.282 e. The maximum absolute atomic E-state index is 12.9. The number of pyridine rings is 1. The molecule has 0 spiro atoms. The molecule has 0 radical (unpaired) electrons. The number of hydrogen-bond donors (Lipinski definition) is 2. The molecule has 1 aromatic heterocycles. The zero-order valence-electron chi connectivity index (χ0n) is 14.9. The molecule has 142 valence electrons. The van der Waals surface area contributed by atoms with Crippen molar-refractivity contribution in [2.75, 3.05) is 0 Å². The van der Waals surface area contributed by atoms with Crippen molar-refractivity contribution < 1.29 is 14.7 Å². The standard InChI is InChI=1S/C20H11BrN4O4/c1-9-13(7-22)17(26)24-18(27)14(9)8-23-25-19(28)11-4-2-3-10-15(21)6-5-12(16(10)11)20(25)29/h2-6,8H,1H3,(H2,24,26,27)/b23-8+. The number of benzene rings is 2. The summed E-state index contributed by atoms with van der Waals surface area (Å²) in [5.74, 6) is -1.76. The predicted molar refractivity (Wildman–Crippen MR) is 108 cm³/mol. The van der Waals surface area contributed by atoms with Crippen molar-refractivity contribution in [3.63, 3.8) is 0 Å². The SMILES string of the molecule is Cc1c(/C=N/N2C(=O)c3cccc4c(Br)ccc(c34)C2=O)c(O)[nH]c(=O)c1C#N. The normalized spacial score (nSPS) is 13.3. The van der Waals surface area contributed by atoms with Crippen LogP contribution in [0.25, 0.3) is 10.8 Å². The second-order valence-electron chi connectivity index (χ2n) is 6.32. The Bertz CT molecular complexity index is 1350. The number of nitrogens with zero attached hydrogens (tertiary/aromatic N) is 3. The molecule has 29 heavy (non-hydrogen) atoms. The van der Waals surface area contributed by atoms with E-state index >= 15 is 0 Å². The molecule has 0 unspecified atom stereocenters. The lowest BCUT2D eigenvalue weighted by Crippen LogP contribution is -2.36. The summed E-state index contributed by atoms with van der Waals surface area (Å²) in [5, 5.41) is 25.1. The third-order valence-corrected chi connectivity index (χ3v) is 5.43. The summed E-state index contributed by atoms with van der Waals surface area (Å²) in [5.41, 5.74) is -0.0924. The Hall–Kier alpha value is -3.77. The number of aromatic hydroxyl groups is 1. The minimum absolute atomic E-state index is 0.0292. The summed E-state index contributed by atoms with van der Waals surface area (Å²) < 4.78 is 0.758. The molecule has 0 saturated carbocycles. The molecule has 0 bridgehead atoms. The van der Waals surface area contributed by atoms with Crippen molar-refractivity contribution >= 4 is 44.7 Å². The Kier molecular flexibility index (Phi) is 4.28. The first-order chi connectivity index (χ1) is 13.8. The first-order valence-corrected chi connectivity index (χ1v) is 9.14. The number of nitriles is 1. The van der Waals surface area contributed by atoms with E-state index in [0.29, 0.717) is 21.5 Å². The number of carbonyl (C=O) groups excluding carboxylic acids is 2. The number of halogens is 1. The van der Waals surface area contributed by atoms with Crippen LogP contribution in [0, 0.1) is 18.3 Å². The number of carbonyl (C=O) groups is 2. The first kappa shape index (κ1) is 18.6. The average Bonchev–Trinajstić information content (AvgIpc) is 2.69. The number of imide groups is 1. The van der Waals surface area contributed by atoms with E-state index in [1.54, 1.807) is 36.4 Å². The molecule has 3 aromatic rings. The third kappa shape index (κ3) is 2.73. The second kappa shape index (κ2) is 6.68. The number of amides is 2. The van der Waals surface area contributed by atoms with Crippen molar-refractivity contribution in [1.82, 2.24) is 9.99 Å². The molecule has 1 aliphatic rings. The molecule has 8 nitrogen and oxygen atoms in total. The van der Waals surface area contributed by atoms with Gasteiger partial charge in [-0.25, -0.2) is 0 Å². The monoisotopic (exact) mass is 450 g/mol. The number of hydrazone groups is 1. The third-order valence-electron chi connectivity index (χ3n) is 4.74. The topological polar surface area (TPSA) is 127 Å². The number of H-pyrrole nitrogens is 1. The maximum atomic E-state index is 12.9. The van der Waals surface area contributed by atoms with Crippen LogP contribution < -0.4 is 5.56 Å². The summed E-state index contributed by atoms with van der Waals surface area (Å²) in [4.78, 5) is 39.7. The van der Waals surface area contributed by atoms with Crippen LogP contribution in [0.2, 0.25) is 0 Å². The van der Waals surface area contributed by atoms with E-state index in [1.807, 2.05) is 0 Å². The van der Waals surface area contributed by atoms with E-state index in [2.05, 4.69) is 26.0 Å². The second-order valence-corrected chi connectivity index (χ2v) is 7.17. The van der Waals surface area contributed by atoms with Crippen LogP contribution in [0.5, 0.6) is 5.88 Å². The Labute approximate surface area is 171 Å². The zero-order chi connectivity index (χ0) is 20.9. The van der Waals surface area contributed by atoms with Gasteiger partial charge in [0.15, 0.2) is 0 Å². The minimum Gasteiger partial charge on any atom is -0.494 e. The van der Waals surface area contributed by atoms with E-state index in [0.717, 1.165) is 16.1 Å². The van der Waals surface area contributed by atoms with Crippen LogP contribution in [0.1, 0.15) is 37.4 Å². The molecular weight excluding hydrogens is 440 g/mol. The van der Waals surface area contributed by atoms with Gasteiger partial charge in [-0.2, -0.15) is 15.4 Å². The van der Waals surface area contributed by atoms with Crippen molar-refractivity contribution in [2.24, 2.45) is 5.10 Å². The van der Waals surface area contributed by atoms with Gasteiger partial charge in [-0.15, -0.1) is 0 Å². The van der Waals surface area contributed by atoms with Crippen molar-refractivity contribution in [3.05, 3.63) is 73.0 Å².